The normalized spacial score (nSPS) is 12.8. The number of benzene rings is 3. The summed E-state index contributed by atoms with van der Waals surface area (Å²) in [5.74, 6) is -0.664. The minimum absolute atomic E-state index is 0.0437. The van der Waals surface area contributed by atoms with Crippen LogP contribution in [0.2, 0.25) is 0 Å². The highest BCUT2D eigenvalue weighted by molar-refractivity contribution is 7.92. The molecular formula is C32H41N3O4S. The number of hydrogen-bond donors (Lipinski definition) is 1. The number of carbonyl (C=O) groups excluding carboxylic acids is 2. The Labute approximate surface area is 239 Å². The minimum Gasteiger partial charge on any atom is -0.352 e. The van der Waals surface area contributed by atoms with Gasteiger partial charge in [0.2, 0.25) is 11.8 Å². The molecule has 0 bridgehead atoms. The van der Waals surface area contributed by atoms with Crippen LogP contribution in [-0.4, -0.2) is 50.3 Å². The lowest BCUT2D eigenvalue weighted by Crippen LogP contribution is -2.54. The first-order valence-electron chi connectivity index (χ1n) is 13.9. The fourth-order valence-electron chi connectivity index (χ4n) is 4.68. The Balaban J connectivity index is 2.03. The summed E-state index contributed by atoms with van der Waals surface area (Å²) in [6, 6.07) is 22.6. The molecule has 0 spiro atoms. The highest BCUT2D eigenvalue weighted by atomic mass is 32.2. The quantitative estimate of drug-likeness (QED) is 0.307. The molecule has 8 heteroatoms. The number of aryl methyl sites for hydroxylation is 2. The summed E-state index contributed by atoms with van der Waals surface area (Å²) in [5.41, 5.74) is 3.21. The van der Waals surface area contributed by atoms with E-state index in [1.807, 2.05) is 71.0 Å². The molecule has 0 saturated carbocycles. The summed E-state index contributed by atoms with van der Waals surface area (Å²) in [6.07, 6.45) is 1.70. The zero-order chi connectivity index (χ0) is 29.3. The third-order valence-corrected chi connectivity index (χ3v) is 8.76. The first-order chi connectivity index (χ1) is 19.1. The lowest BCUT2D eigenvalue weighted by molar-refractivity contribution is -0.139. The molecule has 1 N–H and O–H groups in total. The SMILES string of the molecule is CC[C@H](C(=O)N[C@@H](C)CC)N(CCc1ccccc1)C(=O)CN(c1cc(C)cc(C)c1)S(=O)(=O)c1ccccc1. The maximum atomic E-state index is 14.1. The fraction of sp³-hybridized carbons (Fsp3) is 0.375. The third kappa shape index (κ3) is 7.94. The second-order valence-electron chi connectivity index (χ2n) is 10.2. The molecule has 2 atom stereocenters. The van der Waals surface area contributed by atoms with Crippen molar-refractivity contribution in [2.24, 2.45) is 0 Å². The van der Waals surface area contributed by atoms with E-state index in [1.165, 1.54) is 16.4 Å². The Morgan fingerprint density at radius 3 is 1.98 bits per heavy atom. The van der Waals surface area contributed by atoms with Crippen LogP contribution in [0.3, 0.4) is 0 Å². The average Bonchev–Trinajstić information content (AvgIpc) is 2.94. The predicted octanol–water partition coefficient (Wildman–Crippen LogP) is 5.26. The molecule has 7 nitrogen and oxygen atoms in total. The topological polar surface area (TPSA) is 86.8 Å². The van der Waals surface area contributed by atoms with E-state index in [0.717, 1.165) is 23.1 Å². The van der Waals surface area contributed by atoms with Crippen LogP contribution in [0.15, 0.2) is 83.8 Å². The van der Waals surface area contributed by atoms with Gasteiger partial charge in [0, 0.05) is 12.6 Å². The summed E-state index contributed by atoms with van der Waals surface area (Å²) in [7, 11) is -4.07. The molecule has 0 saturated heterocycles. The Morgan fingerprint density at radius 2 is 1.43 bits per heavy atom. The molecule has 3 aromatic carbocycles. The molecule has 0 radical (unpaired) electrons. The van der Waals surface area contributed by atoms with Crippen LogP contribution in [0, 0.1) is 13.8 Å². The van der Waals surface area contributed by atoms with Crippen LogP contribution in [0.25, 0.3) is 0 Å². The van der Waals surface area contributed by atoms with E-state index in [2.05, 4.69) is 5.32 Å². The second-order valence-corrected chi connectivity index (χ2v) is 12.1. The number of nitrogens with zero attached hydrogens (tertiary/aromatic N) is 2. The molecule has 0 fully saturated rings. The molecule has 40 heavy (non-hydrogen) atoms. The maximum absolute atomic E-state index is 14.1. The van der Waals surface area contributed by atoms with Gasteiger partial charge in [-0.05, 0) is 81.0 Å². The van der Waals surface area contributed by atoms with E-state index in [0.29, 0.717) is 18.5 Å². The number of hydrogen-bond acceptors (Lipinski definition) is 4. The second kappa shape index (κ2) is 14.1. The summed E-state index contributed by atoms with van der Waals surface area (Å²) in [6.45, 7) is 9.42. The maximum Gasteiger partial charge on any atom is 0.264 e. The monoisotopic (exact) mass is 563 g/mol. The van der Waals surface area contributed by atoms with E-state index in [-0.39, 0.29) is 23.4 Å². The average molecular weight is 564 g/mol. The molecule has 0 aliphatic rings. The van der Waals surface area contributed by atoms with Crippen LogP contribution in [0.5, 0.6) is 0 Å². The van der Waals surface area contributed by atoms with Crippen LogP contribution >= 0.6 is 0 Å². The Morgan fingerprint density at radius 1 is 0.850 bits per heavy atom. The van der Waals surface area contributed by atoms with Gasteiger partial charge in [-0.2, -0.15) is 0 Å². The lowest BCUT2D eigenvalue weighted by Gasteiger charge is -2.34. The van der Waals surface area contributed by atoms with E-state index in [9.17, 15) is 18.0 Å². The Bertz CT molecular complexity index is 1360. The number of rotatable bonds is 13. The smallest absolute Gasteiger partial charge is 0.264 e. The third-order valence-electron chi connectivity index (χ3n) is 6.98. The van der Waals surface area contributed by atoms with Crippen molar-refractivity contribution in [2.75, 3.05) is 17.4 Å². The summed E-state index contributed by atoms with van der Waals surface area (Å²) >= 11 is 0. The number of nitrogens with one attached hydrogen (secondary N) is 1. The molecule has 214 valence electrons. The first-order valence-corrected chi connectivity index (χ1v) is 15.3. The van der Waals surface area contributed by atoms with Crippen molar-refractivity contribution in [3.05, 3.63) is 95.6 Å². The molecule has 0 unspecified atom stereocenters. The zero-order valence-corrected chi connectivity index (χ0v) is 24.9. The number of sulfonamides is 1. The van der Waals surface area contributed by atoms with E-state index in [4.69, 9.17) is 0 Å². The van der Waals surface area contributed by atoms with Gasteiger partial charge in [-0.1, -0.05) is 68.4 Å². The zero-order valence-electron chi connectivity index (χ0n) is 24.1. The Hall–Kier alpha value is -3.65. The largest absolute Gasteiger partial charge is 0.352 e. The Kier molecular flexibility index (Phi) is 10.9. The molecule has 0 aliphatic carbocycles. The fourth-order valence-corrected chi connectivity index (χ4v) is 6.10. The molecule has 0 aliphatic heterocycles. The van der Waals surface area contributed by atoms with Gasteiger partial charge in [-0.25, -0.2) is 8.42 Å². The number of carbonyl (C=O) groups is 2. The van der Waals surface area contributed by atoms with Crippen molar-refractivity contribution in [1.82, 2.24) is 10.2 Å². The van der Waals surface area contributed by atoms with Gasteiger partial charge in [0.25, 0.3) is 10.0 Å². The summed E-state index contributed by atoms with van der Waals surface area (Å²) < 4.78 is 29.0. The van der Waals surface area contributed by atoms with Crippen LogP contribution in [-0.2, 0) is 26.0 Å². The number of amides is 2. The van der Waals surface area contributed by atoms with E-state index < -0.39 is 28.5 Å². The van der Waals surface area contributed by atoms with Gasteiger partial charge in [-0.3, -0.25) is 13.9 Å². The standard InChI is InChI=1S/C32H41N3O4S/c1-6-26(5)33-32(37)30(7-2)34(19-18-27-14-10-8-11-15-27)31(36)23-35(28-21-24(3)20-25(4)22-28)40(38,39)29-16-12-9-13-17-29/h8-17,20-22,26,30H,6-7,18-19,23H2,1-5H3,(H,33,37)/t26-,30+/m0/s1. The van der Waals surface area contributed by atoms with Crippen molar-refractivity contribution >= 4 is 27.5 Å². The van der Waals surface area contributed by atoms with Crippen molar-refractivity contribution in [1.29, 1.82) is 0 Å². The van der Waals surface area contributed by atoms with Crippen molar-refractivity contribution in [3.63, 3.8) is 0 Å². The lowest BCUT2D eigenvalue weighted by atomic mass is 10.1. The van der Waals surface area contributed by atoms with Crippen LogP contribution in [0.1, 0.15) is 50.3 Å². The van der Waals surface area contributed by atoms with E-state index in [1.54, 1.807) is 35.2 Å². The van der Waals surface area contributed by atoms with Crippen LogP contribution < -0.4 is 9.62 Å². The molecule has 3 aromatic rings. The molecule has 0 aromatic heterocycles. The molecule has 3 rings (SSSR count). The van der Waals surface area contributed by atoms with Gasteiger partial charge in [0.05, 0.1) is 10.6 Å². The molecule has 0 heterocycles. The van der Waals surface area contributed by atoms with Crippen molar-refractivity contribution < 1.29 is 18.0 Å². The highest BCUT2D eigenvalue weighted by Crippen LogP contribution is 2.26. The first kappa shape index (κ1) is 30.9. The molecular weight excluding hydrogens is 522 g/mol. The summed E-state index contributed by atoms with van der Waals surface area (Å²) in [5, 5.41) is 3.01. The predicted molar refractivity (Wildman–Crippen MR) is 161 cm³/mol. The van der Waals surface area contributed by atoms with Gasteiger partial charge >= 0.3 is 0 Å². The van der Waals surface area contributed by atoms with Gasteiger partial charge < -0.3 is 10.2 Å². The highest BCUT2D eigenvalue weighted by Gasteiger charge is 2.33. The van der Waals surface area contributed by atoms with Crippen molar-refractivity contribution in [2.45, 2.75) is 70.9 Å². The van der Waals surface area contributed by atoms with Crippen LogP contribution in [0.4, 0.5) is 5.69 Å². The van der Waals surface area contributed by atoms with Gasteiger partial charge in [-0.15, -0.1) is 0 Å². The van der Waals surface area contributed by atoms with E-state index >= 15 is 0 Å². The van der Waals surface area contributed by atoms with Gasteiger partial charge in [0.1, 0.15) is 12.6 Å². The molecule has 2 amide bonds. The minimum atomic E-state index is -4.07. The number of anilines is 1. The van der Waals surface area contributed by atoms with Gasteiger partial charge in [0.15, 0.2) is 0 Å². The summed E-state index contributed by atoms with van der Waals surface area (Å²) in [4.78, 5) is 29.1. The van der Waals surface area contributed by atoms with Crippen molar-refractivity contribution in [3.8, 4) is 0 Å².